The Hall–Kier alpha value is -0.260. The molecule has 0 radical (unpaired) electrons. The van der Waals surface area contributed by atoms with Crippen LogP contribution >= 0.6 is 0 Å². The maximum Gasteiger partial charge on any atom is 0.293 e. The third kappa shape index (κ3) is 17.2. The van der Waals surface area contributed by atoms with Gasteiger partial charge in [0.2, 0.25) is 0 Å². The molecule has 0 aliphatic rings. The topological polar surface area (TPSA) is 127 Å². The van der Waals surface area contributed by atoms with Gasteiger partial charge in [-0.15, -0.1) is 8.67 Å². The molecule has 0 bridgehead atoms. The van der Waals surface area contributed by atoms with Gasteiger partial charge in [0.05, 0.1) is 11.5 Å². The predicted molar refractivity (Wildman–Crippen MR) is 99.6 cm³/mol. The van der Waals surface area contributed by atoms with Crippen LogP contribution in [0.3, 0.4) is 0 Å². The zero-order valence-corrected chi connectivity index (χ0v) is 17.1. The first-order valence-electron chi connectivity index (χ1n) is 9.44. The first kappa shape index (κ1) is 25.7. The third-order valence-corrected chi connectivity index (χ3v) is 6.30. The minimum atomic E-state index is -3.73. The van der Waals surface area contributed by atoms with Crippen LogP contribution in [0, 0.1) is 0 Å². The molecule has 0 saturated carbocycles. The highest BCUT2D eigenvalue weighted by Crippen LogP contribution is 2.13. The fraction of sp³-hybridized carbons (Fsp3) is 1.00. The molecule has 0 fully saturated rings. The Morgan fingerprint density at radius 2 is 0.615 bits per heavy atom. The van der Waals surface area contributed by atoms with Gasteiger partial charge in [-0.2, -0.15) is 16.8 Å². The summed E-state index contributed by atoms with van der Waals surface area (Å²) in [7, 11) is -7.46. The van der Waals surface area contributed by atoms with Crippen LogP contribution in [-0.4, -0.2) is 38.9 Å². The van der Waals surface area contributed by atoms with E-state index in [0.717, 1.165) is 51.4 Å². The molecule has 0 aromatic rings. The molecule has 8 nitrogen and oxygen atoms in total. The van der Waals surface area contributed by atoms with Gasteiger partial charge < -0.3 is 0 Å². The Bertz CT molecular complexity index is 468. The van der Waals surface area contributed by atoms with Gasteiger partial charge in [-0.1, -0.05) is 77.0 Å². The molecule has 0 amide bonds. The monoisotopic (exact) mass is 418 g/mol. The van der Waals surface area contributed by atoms with Crippen LogP contribution < -0.4 is 0 Å². The summed E-state index contributed by atoms with van der Waals surface area (Å²) in [5.74, 6) is -0.261. The third-order valence-electron chi connectivity index (χ3n) is 4.27. The van der Waals surface area contributed by atoms with Crippen molar-refractivity contribution in [1.82, 2.24) is 0 Å². The predicted octanol–water partition coefficient (Wildman–Crippen LogP) is 4.09. The Kier molecular flexibility index (Phi) is 15.6. The summed E-state index contributed by atoms with van der Waals surface area (Å²) in [6.07, 6.45) is 14.0. The lowest BCUT2D eigenvalue weighted by atomic mass is 10.0. The van der Waals surface area contributed by atoms with Gasteiger partial charge in [0.15, 0.2) is 0 Å². The molecule has 0 aromatic carbocycles. The van der Waals surface area contributed by atoms with Crippen molar-refractivity contribution >= 4 is 20.2 Å². The normalized spacial score (nSPS) is 12.5. The Labute approximate surface area is 158 Å². The van der Waals surface area contributed by atoms with Gasteiger partial charge in [0, 0.05) is 0 Å². The fourth-order valence-electron chi connectivity index (χ4n) is 2.75. The second-order valence-corrected chi connectivity index (χ2v) is 9.97. The Balaban J connectivity index is 3.20. The lowest BCUT2D eigenvalue weighted by Crippen LogP contribution is -2.07. The summed E-state index contributed by atoms with van der Waals surface area (Å²) in [5, 5.41) is 16.3. The van der Waals surface area contributed by atoms with Crippen LogP contribution in [0.4, 0.5) is 0 Å². The molecule has 10 heteroatoms. The second-order valence-electron chi connectivity index (χ2n) is 6.62. The van der Waals surface area contributed by atoms with Crippen LogP contribution in [0.2, 0.25) is 0 Å². The number of hydrogen-bond acceptors (Lipinski definition) is 8. The summed E-state index contributed by atoms with van der Waals surface area (Å²) >= 11 is 0. The van der Waals surface area contributed by atoms with Gasteiger partial charge in [-0.3, -0.25) is 0 Å². The van der Waals surface area contributed by atoms with E-state index in [4.69, 9.17) is 10.5 Å². The molecule has 0 spiro atoms. The molecular formula is C16H34O8S2. The van der Waals surface area contributed by atoms with E-state index < -0.39 is 20.2 Å². The smallest absolute Gasteiger partial charge is 0.235 e. The zero-order valence-electron chi connectivity index (χ0n) is 15.5. The number of rotatable bonds is 19. The van der Waals surface area contributed by atoms with Crippen molar-refractivity contribution < 1.29 is 36.0 Å². The van der Waals surface area contributed by atoms with Crippen molar-refractivity contribution in [3.05, 3.63) is 0 Å². The van der Waals surface area contributed by atoms with E-state index in [1.807, 2.05) is 0 Å². The molecule has 2 N–H and O–H groups in total. The molecule has 0 unspecified atom stereocenters. The van der Waals surface area contributed by atoms with Gasteiger partial charge in [0.25, 0.3) is 20.2 Å². The van der Waals surface area contributed by atoms with Crippen molar-refractivity contribution in [1.29, 1.82) is 0 Å². The highest BCUT2D eigenvalue weighted by atomic mass is 32.2. The van der Waals surface area contributed by atoms with Crippen LogP contribution in [-0.2, 0) is 28.9 Å². The highest BCUT2D eigenvalue weighted by molar-refractivity contribution is 7.86. The molecule has 0 aromatic heterocycles. The van der Waals surface area contributed by atoms with Gasteiger partial charge in [-0.25, -0.2) is 10.5 Å². The van der Waals surface area contributed by atoms with E-state index in [-0.39, 0.29) is 11.5 Å². The van der Waals surface area contributed by atoms with E-state index in [0.29, 0.717) is 12.8 Å². The maximum atomic E-state index is 10.9. The van der Waals surface area contributed by atoms with Crippen LogP contribution in [0.5, 0.6) is 0 Å². The van der Waals surface area contributed by atoms with Crippen molar-refractivity contribution in [3.8, 4) is 0 Å². The van der Waals surface area contributed by atoms with E-state index in [2.05, 4.69) is 8.67 Å². The van der Waals surface area contributed by atoms with Gasteiger partial charge >= 0.3 is 0 Å². The number of hydrogen-bond donors (Lipinski definition) is 2. The quantitative estimate of drug-likeness (QED) is 0.182. The molecule has 0 aliphatic heterocycles. The average molecular weight is 419 g/mol. The van der Waals surface area contributed by atoms with Crippen LogP contribution in [0.25, 0.3) is 0 Å². The van der Waals surface area contributed by atoms with Gasteiger partial charge in [-0.05, 0) is 12.8 Å². The largest absolute Gasteiger partial charge is 0.293 e. The molecule has 26 heavy (non-hydrogen) atoms. The van der Waals surface area contributed by atoms with E-state index >= 15 is 0 Å². The van der Waals surface area contributed by atoms with E-state index in [1.165, 1.54) is 25.7 Å². The highest BCUT2D eigenvalue weighted by Gasteiger charge is 2.09. The summed E-state index contributed by atoms with van der Waals surface area (Å²) in [4.78, 5) is 0. The van der Waals surface area contributed by atoms with Crippen molar-refractivity contribution in [2.24, 2.45) is 0 Å². The first-order valence-corrected chi connectivity index (χ1v) is 12.6. The molecule has 0 heterocycles. The maximum absolute atomic E-state index is 10.9. The average Bonchev–Trinajstić information content (AvgIpc) is 2.61. The first-order chi connectivity index (χ1) is 12.3. The summed E-state index contributed by atoms with van der Waals surface area (Å²) in [6.45, 7) is 0. The number of unbranched alkanes of at least 4 members (excludes halogenated alkanes) is 13. The van der Waals surface area contributed by atoms with E-state index in [9.17, 15) is 16.8 Å². The fourth-order valence-corrected chi connectivity index (χ4v) is 4.02. The van der Waals surface area contributed by atoms with Crippen molar-refractivity contribution in [2.75, 3.05) is 11.5 Å². The standard InChI is InChI=1S/C16H34O8S2/c17-23-25(19,20)15-13-11-9-7-5-3-1-2-4-6-8-10-12-14-16-26(21,22)24-18/h17-18H,1-16H2. The molecule has 0 saturated heterocycles. The van der Waals surface area contributed by atoms with Crippen LogP contribution in [0.15, 0.2) is 0 Å². The minimum Gasteiger partial charge on any atom is -0.235 e. The lowest BCUT2D eigenvalue weighted by Gasteiger charge is -2.03. The zero-order chi connectivity index (χ0) is 19.7. The molecule has 0 aliphatic carbocycles. The summed E-state index contributed by atoms with van der Waals surface area (Å²) in [6, 6.07) is 0. The lowest BCUT2D eigenvalue weighted by molar-refractivity contribution is -0.130. The van der Waals surface area contributed by atoms with Gasteiger partial charge in [0.1, 0.15) is 0 Å². The summed E-state index contributed by atoms with van der Waals surface area (Å²) in [5.41, 5.74) is 0. The molecule has 158 valence electrons. The SMILES string of the molecule is O=S(=O)(CCCCCCCCCCCCCCCCS(=O)(=O)OO)OO. The molecule has 0 rings (SSSR count). The van der Waals surface area contributed by atoms with Crippen molar-refractivity contribution in [2.45, 2.75) is 89.9 Å². The minimum absolute atomic E-state index is 0.130. The molecular weight excluding hydrogens is 384 g/mol. The molecule has 0 atom stereocenters. The second kappa shape index (κ2) is 15.8. The summed E-state index contributed by atoms with van der Waals surface area (Å²) < 4.78 is 50.3. The van der Waals surface area contributed by atoms with Crippen LogP contribution in [0.1, 0.15) is 89.9 Å². The van der Waals surface area contributed by atoms with E-state index in [1.54, 1.807) is 0 Å². The van der Waals surface area contributed by atoms with Crippen molar-refractivity contribution in [3.63, 3.8) is 0 Å². The Morgan fingerprint density at radius 1 is 0.423 bits per heavy atom. The Morgan fingerprint density at radius 3 is 0.808 bits per heavy atom.